The Bertz CT molecular complexity index is 604. The van der Waals surface area contributed by atoms with Gasteiger partial charge in [-0.2, -0.15) is 0 Å². The molecule has 0 radical (unpaired) electrons. The molecule has 2 heterocycles. The normalized spacial score (nSPS) is 26.9. The largest absolute Gasteiger partial charge is 0.453 e. The molecule has 7 heteroatoms. The van der Waals surface area contributed by atoms with E-state index in [9.17, 15) is 19.5 Å². The Morgan fingerprint density at radius 1 is 1.10 bits per heavy atom. The van der Waals surface area contributed by atoms with Crippen molar-refractivity contribution >= 4 is 17.8 Å². The Morgan fingerprint density at radius 2 is 1.76 bits per heavy atom. The molecule has 2 saturated heterocycles. The summed E-state index contributed by atoms with van der Waals surface area (Å²) in [6.45, 7) is 3.71. The number of nitrogens with one attached hydrogen (secondary N) is 1. The average Bonchev–Trinajstić information content (AvgIpc) is 3.11. The number of rotatable bonds is 14. The quantitative estimate of drug-likeness (QED) is 0.258. The van der Waals surface area contributed by atoms with Gasteiger partial charge < -0.3 is 19.9 Å². The van der Waals surface area contributed by atoms with Crippen molar-refractivity contribution in [2.75, 3.05) is 0 Å². The number of unbranched alkanes of at least 4 members (excludes halogenated alkanes) is 7. The molecule has 2 fully saturated rings. The van der Waals surface area contributed by atoms with Gasteiger partial charge in [0.2, 0.25) is 0 Å². The maximum absolute atomic E-state index is 12.0. The number of carbonyl (C=O) groups is 3. The summed E-state index contributed by atoms with van der Waals surface area (Å²) >= 11 is 0. The molecule has 2 N–H and O–H groups in total. The van der Waals surface area contributed by atoms with E-state index in [4.69, 9.17) is 9.47 Å². The lowest BCUT2D eigenvalue weighted by Gasteiger charge is -2.19. The molecule has 2 aliphatic heterocycles. The van der Waals surface area contributed by atoms with Gasteiger partial charge in [-0.3, -0.25) is 4.79 Å². The molecular weight excluding hydrogens is 374 g/mol. The second-order valence-electron chi connectivity index (χ2n) is 8.24. The summed E-state index contributed by atoms with van der Waals surface area (Å²) in [4.78, 5) is 35.2. The highest BCUT2D eigenvalue weighted by atomic mass is 16.6. The van der Waals surface area contributed by atoms with Gasteiger partial charge in [-0.15, -0.1) is 0 Å². The molecular formula is C22H35NO6. The number of alkyl carbamates (subject to hydrolysis) is 1. The Morgan fingerprint density at radius 3 is 2.45 bits per heavy atom. The Hall–Kier alpha value is -1.89. The van der Waals surface area contributed by atoms with Gasteiger partial charge >= 0.3 is 12.1 Å². The summed E-state index contributed by atoms with van der Waals surface area (Å²) < 4.78 is 10.3. The molecule has 0 aromatic rings. The lowest BCUT2D eigenvalue weighted by Crippen LogP contribution is -2.50. The molecule has 0 saturated carbocycles. The van der Waals surface area contributed by atoms with Crippen LogP contribution in [-0.2, 0) is 19.1 Å². The van der Waals surface area contributed by atoms with E-state index in [0.717, 1.165) is 51.4 Å². The monoisotopic (exact) mass is 409 g/mol. The van der Waals surface area contributed by atoms with Crippen molar-refractivity contribution in [3.8, 4) is 0 Å². The minimum Gasteiger partial charge on any atom is -0.453 e. The number of aliphatic hydroxyl groups is 1. The number of carbonyl (C=O) groups excluding carboxylic acids is 3. The summed E-state index contributed by atoms with van der Waals surface area (Å²) in [5.74, 6) is -0.213. The van der Waals surface area contributed by atoms with Crippen LogP contribution in [0.3, 0.4) is 0 Å². The molecule has 2 rings (SSSR count). The van der Waals surface area contributed by atoms with Crippen molar-refractivity contribution < 1.29 is 29.0 Å². The zero-order valence-electron chi connectivity index (χ0n) is 17.7. The van der Waals surface area contributed by atoms with Crippen LogP contribution in [-0.4, -0.2) is 46.8 Å². The number of cyclic esters (lactones) is 1. The van der Waals surface area contributed by atoms with E-state index in [1.54, 1.807) is 6.08 Å². The van der Waals surface area contributed by atoms with Gasteiger partial charge in [0.15, 0.2) is 17.7 Å². The van der Waals surface area contributed by atoms with Crippen LogP contribution >= 0.6 is 0 Å². The molecule has 4 atom stereocenters. The number of esters is 1. The van der Waals surface area contributed by atoms with Gasteiger partial charge in [-0.1, -0.05) is 51.2 Å². The number of fused-ring (bicyclic) bond motifs is 1. The summed E-state index contributed by atoms with van der Waals surface area (Å²) in [6.07, 6.45) is 10.8. The predicted octanol–water partition coefficient (Wildman–Crippen LogP) is 3.58. The third-order valence-corrected chi connectivity index (χ3v) is 5.69. The van der Waals surface area contributed by atoms with Crippen molar-refractivity contribution in [3.63, 3.8) is 0 Å². The third kappa shape index (κ3) is 6.56. The maximum Gasteiger partial charge on any atom is 0.408 e. The second kappa shape index (κ2) is 11.3. The van der Waals surface area contributed by atoms with Crippen LogP contribution in [0.4, 0.5) is 4.79 Å². The number of amides is 1. The first-order chi connectivity index (χ1) is 13.9. The third-order valence-electron chi connectivity index (χ3n) is 5.69. The van der Waals surface area contributed by atoms with Crippen molar-refractivity contribution in [2.45, 2.75) is 108 Å². The fourth-order valence-corrected chi connectivity index (χ4v) is 3.82. The lowest BCUT2D eigenvalue weighted by molar-refractivity contribution is -0.148. The zero-order valence-corrected chi connectivity index (χ0v) is 17.7. The smallest absolute Gasteiger partial charge is 0.408 e. The van der Waals surface area contributed by atoms with Crippen LogP contribution in [0.5, 0.6) is 0 Å². The highest BCUT2D eigenvalue weighted by Crippen LogP contribution is 2.34. The van der Waals surface area contributed by atoms with Gasteiger partial charge in [0.05, 0.1) is 0 Å². The van der Waals surface area contributed by atoms with Crippen molar-refractivity contribution in [1.29, 1.82) is 0 Å². The molecule has 7 nitrogen and oxygen atoms in total. The SMILES string of the molecule is CCCCCCC(=O)CCCCCC/C=C/[C@H](O)[C@H]1OC(=O)[C@@]2(C)NC(=O)O[C@@H]12. The van der Waals surface area contributed by atoms with E-state index in [-0.39, 0.29) is 0 Å². The number of aliphatic hydroxyl groups excluding tert-OH is 1. The predicted molar refractivity (Wildman–Crippen MR) is 108 cm³/mol. The first-order valence-corrected chi connectivity index (χ1v) is 10.9. The first-order valence-electron chi connectivity index (χ1n) is 10.9. The summed E-state index contributed by atoms with van der Waals surface area (Å²) in [6, 6.07) is 0. The van der Waals surface area contributed by atoms with Crippen molar-refractivity contribution in [2.24, 2.45) is 0 Å². The standard InChI is InChI=1S/C22H35NO6/c1-3-4-5-10-13-16(24)14-11-8-6-7-9-12-15-17(25)18-19-22(2,20(26)28-18)23-21(27)29-19/h12,15,17-19,25H,3-11,13-14H2,1-2H3,(H,23,27)/b15-12+/t17-,18+,19-,22-/m0/s1. The van der Waals surface area contributed by atoms with Crippen LogP contribution in [0.1, 0.15) is 84.5 Å². The fourth-order valence-electron chi connectivity index (χ4n) is 3.82. The number of ketones is 1. The molecule has 0 aliphatic carbocycles. The lowest BCUT2D eigenvalue weighted by atomic mass is 9.93. The number of allylic oxidation sites excluding steroid dienone is 1. The van der Waals surface area contributed by atoms with Crippen molar-refractivity contribution in [1.82, 2.24) is 5.32 Å². The Labute approximate surface area is 173 Å². The minimum absolute atomic E-state index is 0.379. The highest BCUT2D eigenvalue weighted by Gasteiger charge is 2.63. The van der Waals surface area contributed by atoms with Gasteiger partial charge in [-0.25, -0.2) is 9.59 Å². The van der Waals surface area contributed by atoms with Crippen molar-refractivity contribution in [3.05, 3.63) is 12.2 Å². The highest BCUT2D eigenvalue weighted by molar-refractivity contribution is 5.91. The van der Waals surface area contributed by atoms with Crippen LogP contribution < -0.4 is 5.32 Å². The summed E-state index contributed by atoms with van der Waals surface area (Å²) in [5.41, 5.74) is -1.23. The molecule has 2 aliphatic rings. The van der Waals surface area contributed by atoms with Crippen LogP contribution in [0.15, 0.2) is 12.2 Å². The molecule has 29 heavy (non-hydrogen) atoms. The van der Waals surface area contributed by atoms with Gasteiger partial charge in [0, 0.05) is 12.8 Å². The summed E-state index contributed by atoms with van der Waals surface area (Å²) in [5, 5.41) is 12.8. The van der Waals surface area contributed by atoms with E-state index in [0.29, 0.717) is 12.2 Å². The Kier molecular flexibility index (Phi) is 9.14. The van der Waals surface area contributed by atoms with Crippen LogP contribution in [0, 0.1) is 0 Å². The molecule has 0 unspecified atom stereocenters. The Balaban J connectivity index is 1.56. The van der Waals surface area contributed by atoms with Gasteiger partial charge in [-0.05, 0) is 32.6 Å². The number of hydrogen-bond donors (Lipinski definition) is 2. The molecule has 164 valence electrons. The molecule has 0 aromatic carbocycles. The minimum atomic E-state index is -1.23. The fraction of sp³-hybridized carbons (Fsp3) is 0.773. The van der Waals surface area contributed by atoms with Crippen LogP contribution in [0.2, 0.25) is 0 Å². The van der Waals surface area contributed by atoms with Gasteiger partial charge in [0.1, 0.15) is 11.9 Å². The van der Waals surface area contributed by atoms with E-state index in [2.05, 4.69) is 12.2 Å². The topological polar surface area (TPSA) is 102 Å². The van der Waals surface area contributed by atoms with E-state index < -0.39 is 35.9 Å². The van der Waals surface area contributed by atoms with E-state index >= 15 is 0 Å². The maximum atomic E-state index is 12.0. The number of ether oxygens (including phenoxy) is 2. The van der Waals surface area contributed by atoms with Gasteiger partial charge in [0.25, 0.3) is 0 Å². The summed E-state index contributed by atoms with van der Waals surface area (Å²) in [7, 11) is 0. The zero-order chi connectivity index (χ0) is 21.3. The molecule has 0 aromatic heterocycles. The van der Waals surface area contributed by atoms with Crippen LogP contribution in [0.25, 0.3) is 0 Å². The molecule has 0 bridgehead atoms. The van der Waals surface area contributed by atoms with E-state index in [1.165, 1.54) is 19.8 Å². The second-order valence-corrected chi connectivity index (χ2v) is 8.24. The first kappa shape index (κ1) is 23.4. The molecule has 0 spiro atoms. The average molecular weight is 410 g/mol. The van der Waals surface area contributed by atoms with E-state index in [1.807, 2.05) is 6.08 Å². The number of Topliss-reactive ketones (excluding diaryl/α,β-unsaturated/α-hetero) is 1. The number of hydrogen-bond acceptors (Lipinski definition) is 6. The molecule has 1 amide bonds.